The SMILES string of the molecule is CCOc1ccc(/C=C(/C#N)c2ccc(I)cc2)cc1OC. The normalized spacial score (nSPS) is 10.9. The molecule has 0 aliphatic heterocycles. The standard InChI is InChI=1S/C18H16INO2/c1-3-22-17-9-4-13(11-18(17)21-2)10-15(12-20)14-5-7-16(19)8-6-14/h4-11H,3H2,1-2H3/b15-10-. The molecular formula is C18H16INO2. The molecule has 2 rings (SSSR count). The van der Waals surface area contributed by atoms with Crippen molar-refractivity contribution in [3.63, 3.8) is 0 Å². The molecule has 0 radical (unpaired) electrons. The summed E-state index contributed by atoms with van der Waals surface area (Å²) in [6.45, 7) is 2.51. The van der Waals surface area contributed by atoms with Gasteiger partial charge in [0.25, 0.3) is 0 Å². The van der Waals surface area contributed by atoms with Crippen molar-refractivity contribution in [3.05, 3.63) is 57.2 Å². The van der Waals surface area contributed by atoms with Crippen LogP contribution in [0.25, 0.3) is 11.6 Å². The number of halogens is 1. The lowest BCUT2D eigenvalue weighted by Crippen LogP contribution is -1.95. The maximum atomic E-state index is 9.40. The lowest BCUT2D eigenvalue weighted by atomic mass is 10.0. The molecule has 0 atom stereocenters. The van der Waals surface area contributed by atoms with Gasteiger partial charge in [0.05, 0.1) is 25.4 Å². The highest BCUT2D eigenvalue weighted by Crippen LogP contribution is 2.29. The second-order valence-electron chi connectivity index (χ2n) is 4.52. The Balaban J connectivity index is 2.37. The van der Waals surface area contributed by atoms with Crippen LogP contribution in [0.5, 0.6) is 11.5 Å². The van der Waals surface area contributed by atoms with E-state index in [0.717, 1.165) is 14.7 Å². The first kappa shape index (κ1) is 16.4. The van der Waals surface area contributed by atoms with Crippen molar-refractivity contribution >= 4 is 34.2 Å². The minimum Gasteiger partial charge on any atom is -0.493 e. The smallest absolute Gasteiger partial charge is 0.161 e. The van der Waals surface area contributed by atoms with Crippen LogP contribution in [0.2, 0.25) is 0 Å². The molecule has 0 N–H and O–H groups in total. The lowest BCUT2D eigenvalue weighted by molar-refractivity contribution is 0.311. The summed E-state index contributed by atoms with van der Waals surface area (Å²) in [7, 11) is 1.61. The fourth-order valence-electron chi connectivity index (χ4n) is 2.02. The van der Waals surface area contributed by atoms with Gasteiger partial charge >= 0.3 is 0 Å². The van der Waals surface area contributed by atoms with Gasteiger partial charge in [0, 0.05) is 3.57 Å². The Morgan fingerprint density at radius 1 is 1.18 bits per heavy atom. The lowest BCUT2D eigenvalue weighted by Gasteiger charge is -2.10. The van der Waals surface area contributed by atoms with E-state index in [4.69, 9.17) is 9.47 Å². The van der Waals surface area contributed by atoms with Gasteiger partial charge in [-0.2, -0.15) is 5.26 Å². The monoisotopic (exact) mass is 405 g/mol. The summed E-state index contributed by atoms with van der Waals surface area (Å²) >= 11 is 2.24. The second kappa shape index (κ2) is 7.85. The number of nitriles is 1. The van der Waals surface area contributed by atoms with E-state index in [0.29, 0.717) is 23.7 Å². The van der Waals surface area contributed by atoms with Gasteiger partial charge < -0.3 is 9.47 Å². The van der Waals surface area contributed by atoms with Crippen LogP contribution < -0.4 is 9.47 Å². The molecule has 2 aromatic carbocycles. The number of ether oxygens (including phenoxy) is 2. The number of hydrogen-bond donors (Lipinski definition) is 0. The highest BCUT2D eigenvalue weighted by molar-refractivity contribution is 14.1. The maximum absolute atomic E-state index is 9.40. The van der Waals surface area contributed by atoms with Gasteiger partial charge in [-0.15, -0.1) is 0 Å². The maximum Gasteiger partial charge on any atom is 0.161 e. The third-order valence-corrected chi connectivity index (χ3v) is 3.79. The molecule has 0 bridgehead atoms. The molecule has 0 aliphatic carbocycles. The summed E-state index contributed by atoms with van der Waals surface area (Å²) < 4.78 is 12.0. The molecule has 112 valence electrons. The topological polar surface area (TPSA) is 42.2 Å². The highest BCUT2D eigenvalue weighted by Gasteiger charge is 2.06. The highest BCUT2D eigenvalue weighted by atomic mass is 127. The molecule has 0 fully saturated rings. The molecule has 0 aromatic heterocycles. The van der Waals surface area contributed by atoms with E-state index in [-0.39, 0.29) is 0 Å². The summed E-state index contributed by atoms with van der Waals surface area (Å²) in [4.78, 5) is 0. The Labute approximate surface area is 144 Å². The minimum absolute atomic E-state index is 0.581. The molecule has 0 saturated heterocycles. The Bertz CT molecular complexity index is 715. The molecule has 0 spiro atoms. The summed E-state index contributed by atoms with van der Waals surface area (Å²) in [5.74, 6) is 1.37. The van der Waals surface area contributed by atoms with Gasteiger partial charge in [-0.05, 0) is 71.0 Å². The fraction of sp³-hybridized carbons (Fsp3) is 0.167. The van der Waals surface area contributed by atoms with Crippen molar-refractivity contribution in [2.75, 3.05) is 13.7 Å². The second-order valence-corrected chi connectivity index (χ2v) is 5.77. The Morgan fingerprint density at radius 3 is 2.50 bits per heavy atom. The first-order chi connectivity index (χ1) is 10.7. The van der Waals surface area contributed by atoms with E-state index in [1.165, 1.54) is 0 Å². The van der Waals surface area contributed by atoms with Gasteiger partial charge in [0.15, 0.2) is 11.5 Å². The van der Waals surface area contributed by atoms with Crippen LogP contribution in [0.15, 0.2) is 42.5 Å². The van der Waals surface area contributed by atoms with Crippen LogP contribution in [-0.4, -0.2) is 13.7 Å². The molecular weight excluding hydrogens is 389 g/mol. The molecule has 0 aliphatic rings. The average molecular weight is 405 g/mol. The number of rotatable bonds is 5. The van der Waals surface area contributed by atoms with Crippen molar-refractivity contribution < 1.29 is 9.47 Å². The van der Waals surface area contributed by atoms with Crippen molar-refractivity contribution in [1.82, 2.24) is 0 Å². The van der Waals surface area contributed by atoms with E-state index >= 15 is 0 Å². The number of hydrogen-bond acceptors (Lipinski definition) is 3. The van der Waals surface area contributed by atoms with E-state index in [1.54, 1.807) is 7.11 Å². The van der Waals surface area contributed by atoms with Crippen molar-refractivity contribution in [2.45, 2.75) is 6.92 Å². The molecule has 0 unspecified atom stereocenters. The molecule has 22 heavy (non-hydrogen) atoms. The van der Waals surface area contributed by atoms with Crippen LogP contribution in [-0.2, 0) is 0 Å². The molecule has 2 aromatic rings. The number of nitrogens with zero attached hydrogens (tertiary/aromatic N) is 1. The summed E-state index contributed by atoms with van der Waals surface area (Å²) in [6.07, 6.45) is 1.85. The first-order valence-corrected chi connectivity index (χ1v) is 7.94. The van der Waals surface area contributed by atoms with E-state index < -0.39 is 0 Å². The molecule has 0 heterocycles. The van der Waals surface area contributed by atoms with Crippen molar-refractivity contribution in [1.29, 1.82) is 5.26 Å². The number of benzene rings is 2. The van der Waals surface area contributed by atoms with Gasteiger partial charge in [-0.1, -0.05) is 18.2 Å². The van der Waals surface area contributed by atoms with Crippen molar-refractivity contribution in [2.24, 2.45) is 0 Å². The molecule has 0 saturated carbocycles. The number of methoxy groups -OCH3 is 1. The quantitative estimate of drug-likeness (QED) is 0.409. The van der Waals surface area contributed by atoms with Crippen LogP contribution in [0.1, 0.15) is 18.1 Å². The van der Waals surface area contributed by atoms with E-state index in [2.05, 4.69) is 28.7 Å². The predicted molar refractivity (Wildman–Crippen MR) is 96.8 cm³/mol. The van der Waals surface area contributed by atoms with Gasteiger partial charge in [0.2, 0.25) is 0 Å². The average Bonchev–Trinajstić information content (AvgIpc) is 2.55. The zero-order valence-electron chi connectivity index (χ0n) is 12.5. The molecule has 3 nitrogen and oxygen atoms in total. The molecule has 4 heteroatoms. The van der Waals surface area contributed by atoms with Crippen LogP contribution in [0.4, 0.5) is 0 Å². The van der Waals surface area contributed by atoms with Crippen LogP contribution in [0.3, 0.4) is 0 Å². The van der Waals surface area contributed by atoms with Gasteiger partial charge in [0.1, 0.15) is 0 Å². The third kappa shape index (κ3) is 4.01. The van der Waals surface area contributed by atoms with E-state index in [1.807, 2.05) is 55.5 Å². The van der Waals surface area contributed by atoms with Crippen molar-refractivity contribution in [3.8, 4) is 17.6 Å². The zero-order valence-corrected chi connectivity index (χ0v) is 14.6. The van der Waals surface area contributed by atoms with Crippen LogP contribution >= 0.6 is 22.6 Å². The minimum atomic E-state index is 0.581. The zero-order chi connectivity index (χ0) is 15.9. The fourth-order valence-corrected chi connectivity index (χ4v) is 2.38. The van der Waals surface area contributed by atoms with E-state index in [9.17, 15) is 5.26 Å². The number of allylic oxidation sites excluding steroid dienone is 1. The van der Waals surface area contributed by atoms with Gasteiger partial charge in [-0.3, -0.25) is 0 Å². The predicted octanol–water partition coefficient (Wildman–Crippen LogP) is 4.76. The summed E-state index contributed by atoms with van der Waals surface area (Å²) in [5, 5.41) is 9.40. The summed E-state index contributed by atoms with van der Waals surface area (Å²) in [5.41, 5.74) is 2.41. The molecule has 0 amide bonds. The Hall–Kier alpha value is -2.00. The Morgan fingerprint density at radius 2 is 1.91 bits per heavy atom. The third-order valence-electron chi connectivity index (χ3n) is 3.07. The van der Waals surface area contributed by atoms with Gasteiger partial charge in [-0.25, -0.2) is 0 Å². The first-order valence-electron chi connectivity index (χ1n) is 6.86. The summed E-state index contributed by atoms with van der Waals surface area (Å²) in [6, 6.07) is 15.8. The largest absolute Gasteiger partial charge is 0.493 e. The Kier molecular flexibility index (Phi) is 5.84. The van der Waals surface area contributed by atoms with Crippen LogP contribution in [0, 0.1) is 14.9 Å².